The normalized spacial score (nSPS) is 14.1. The maximum atomic E-state index is 14.5. The van der Waals surface area contributed by atoms with Crippen LogP contribution in [-0.2, 0) is 0 Å². The number of rotatable bonds is 8. The highest BCUT2D eigenvalue weighted by Crippen LogP contribution is 2.52. The lowest BCUT2D eigenvalue weighted by molar-refractivity contribution is 0.283. The van der Waals surface area contributed by atoms with E-state index in [0.717, 1.165) is 30.9 Å². The number of aryl methyl sites for hydroxylation is 2. The van der Waals surface area contributed by atoms with E-state index in [9.17, 15) is 13.2 Å². The number of halogens is 3. The summed E-state index contributed by atoms with van der Waals surface area (Å²) >= 11 is 1.46. The summed E-state index contributed by atoms with van der Waals surface area (Å²) in [6.07, 6.45) is 3.55. The Bertz CT molecular complexity index is 841. The predicted molar refractivity (Wildman–Crippen MR) is 116 cm³/mol. The first-order valence-electron chi connectivity index (χ1n) is 9.92. The fraction of sp³-hybridized carbons (Fsp3) is 0.455. The zero-order valence-electron chi connectivity index (χ0n) is 17.3. The van der Waals surface area contributed by atoms with Crippen molar-refractivity contribution in [2.75, 3.05) is 16.6 Å². The van der Waals surface area contributed by atoms with Crippen LogP contribution in [0.2, 0.25) is 0 Å². The van der Waals surface area contributed by atoms with Crippen molar-refractivity contribution >= 4 is 29.0 Å². The minimum absolute atomic E-state index is 0.00636. The van der Waals surface area contributed by atoms with Gasteiger partial charge in [-0.3, -0.25) is 0 Å². The van der Waals surface area contributed by atoms with Crippen molar-refractivity contribution < 1.29 is 18.3 Å². The molecule has 1 fully saturated rings. The molecule has 0 spiro atoms. The molecule has 0 saturated heterocycles. The summed E-state index contributed by atoms with van der Waals surface area (Å²) in [6, 6.07) is 5.67. The summed E-state index contributed by atoms with van der Waals surface area (Å²) in [7, 11) is 0. The van der Waals surface area contributed by atoms with Crippen LogP contribution >= 0.6 is 11.9 Å². The van der Waals surface area contributed by atoms with E-state index in [2.05, 4.69) is 10.0 Å². The van der Waals surface area contributed by atoms with Gasteiger partial charge in [0.2, 0.25) is 0 Å². The van der Waals surface area contributed by atoms with E-state index in [1.54, 1.807) is 19.9 Å². The molecule has 0 radical (unpaired) electrons. The van der Waals surface area contributed by atoms with Gasteiger partial charge >= 0.3 is 0 Å². The molecule has 0 unspecified atom stereocenters. The molecule has 2 aromatic carbocycles. The quantitative estimate of drug-likeness (QED) is 0.404. The van der Waals surface area contributed by atoms with Crippen molar-refractivity contribution in [3.8, 4) is 0 Å². The van der Waals surface area contributed by atoms with Crippen LogP contribution in [0.25, 0.3) is 0 Å². The standard InChI is InChI=1S/C20H23F3N2OS.C2H6/c1-12-4-5-16(14(21)10-12)24-19-17(23)15(22)11-13(2)18(19)25-27-20(7-8-20)6-3-9-26;1-2/h4-5,10-11,24-26H,3,6-9H2,1-2H3;1-2H3. The van der Waals surface area contributed by atoms with Crippen LogP contribution in [0.4, 0.5) is 30.2 Å². The maximum absolute atomic E-state index is 14.5. The van der Waals surface area contributed by atoms with Crippen molar-refractivity contribution in [3.05, 3.63) is 52.8 Å². The van der Waals surface area contributed by atoms with Gasteiger partial charge in [-0.1, -0.05) is 19.9 Å². The minimum atomic E-state index is -1.05. The second kappa shape index (κ2) is 10.3. The molecule has 0 aliphatic heterocycles. The first-order valence-corrected chi connectivity index (χ1v) is 10.7. The molecule has 1 aliphatic rings. The molecule has 0 aromatic heterocycles. The van der Waals surface area contributed by atoms with Crippen molar-refractivity contribution in [1.82, 2.24) is 0 Å². The molecule has 3 rings (SSSR count). The van der Waals surface area contributed by atoms with Gasteiger partial charge in [-0.25, -0.2) is 13.2 Å². The molecule has 2 aromatic rings. The molecule has 0 heterocycles. The highest BCUT2D eigenvalue weighted by atomic mass is 32.2. The van der Waals surface area contributed by atoms with E-state index in [0.29, 0.717) is 17.7 Å². The molecule has 160 valence electrons. The van der Waals surface area contributed by atoms with E-state index >= 15 is 0 Å². The Morgan fingerprint density at radius 3 is 2.31 bits per heavy atom. The number of nitrogens with one attached hydrogen (secondary N) is 2. The fourth-order valence-electron chi connectivity index (χ4n) is 2.96. The van der Waals surface area contributed by atoms with Crippen LogP contribution in [0.1, 0.15) is 50.7 Å². The number of benzene rings is 2. The topological polar surface area (TPSA) is 44.3 Å². The van der Waals surface area contributed by atoms with E-state index in [-0.39, 0.29) is 22.7 Å². The molecule has 3 N–H and O–H groups in total. The van der Waals surface area contributed by atoms with Gasteiger partial charge in [0, 0.05) is 11.4 Å². The number of aliphatic hydroxyl groups excluding tert-OH is 1. The Labute approximate surface area is 175 Å². The highest BCUT2D eigenvalue weighted by Gasteiger charge is 2.43. The van der Waals surface area contributed by atoms with Crippen LogP contribution in [-0.4, -0.2) is 16.5 Å². The van der Waals surface area contributed by atoms with Gasteiger partial charge in [0.1, 0.15) is 11.5 Å². The van der Waals surface area contributed by atoms with Crippen LogP contribution in [0, 0.1) is 31.3 Å². The molecule has 7 heteroatoms. The lowest BCUT2D eigenvalue weighted by atomic mass is 10.1. The van der Waals surface area contributed by atoms with Crippen molar-refractivity contribution in [3.63, 3.8) is 0 Å². The van der Waals surface area contributed by atoms with E-state index in [1.165, 1.54) is 24.1 Å². The lowest BCUT2D eigenvalue weighted by Crippen LogP contribution is -2.10. The average molecular weight is 427 g/mol. The van der Waals surface area contributed by atoms with E-state index in [1.807, 2.05) is 13.8 Å². The third kappa shape index (κ3) is 5.82. The number of hydrogen-bond acceptors (Lipinski definition) is 4. The van der Waals surface area contributed by atoms with Crippen LogP contribution < -0.4 is 10.0 Å². The van der Waals surface area contributed by atoms with Crippen LogP contribution in [0.15, 0.2) is 24.3 Å². The van der Waals surface area contributed by atoms with Crippen LogP contribution in [0.3, 0.4) is 0 Å². The van der Waals surface area contributed by atoms with Gasteiger partial charge in [-0.15, -0.1) is 0 Å². The molecule has 3 nitrogen and oxygen atoms in total. The van der Waals surface area contributed by atoms with Crippen molar-refractivity contribution in [1.29, 1.82) is 0 Å². The zero-order valence-corrected chi connectivity index (χ0v) is 18.2. The Balaban J connectivity index is 0.00000145. The van der Waals surface area contributed by atoms with Gasteiger partial charge in [0.15, 0.2) is 11.6 Å². The molecular weight excluding hydrogens is 397 g/mol. The SMILES string of the molecule is CC.Cc1ccc(Nc2c(F)c(F)cc(C)c2NSC2(CCCO)CC2)c(F)c1. The summed E-state index contributed by atoms with van der Waals surface area (Å²) in [6.45, 7) is 7.56. The van der Waals surface area contributed by atoms with Crippen LogP contribution in [0.5, 0.6) is 0 Å². The lowest BCUT2D eigenvalue weighted by Gasteiger charge is -2.21. The summed E-state index contributed by atoms with van der Waals surface area (Å²) in [5.74, 6) is -2.57. The zero-order chi connectivity index (χ0) is 21.6. The van der Waals surface area contributed by atoms with E-state index < -0.39 is 17.5 Å². The summed E-state index contributed by atoms with van der Waals surface area (Å²) in [5.41, 5.74) is 1.63. The van der Waals surface area contributed by atoms with Crippen molar-refractivity contribution in [2.24, 2.45) is 0 Å². The highest BCUT2D eigenvalue weighted by molar-refractivity contribution is 8.02. The van der Waals surface area contributed by atoms with Crippen molar-refractivity contribution in [2.45, 2.75) is 58.1 Å². The average Bonchev–Trinajstić information content (AvgIpc) is 3.47. The molecule has 1 saturated carbocycles. The first kappa shape index (κ1) is 23.4. The molecule has 1 aliphatic carbocycles. The number of hydrogen-bond donors (Lipinski definition) is 3. The Kier molecular flexibility index (Phi) is 8.28. The Hall–Kier alpha value is -1.86. The first-order chi connectivity index (χ1) is 13.8. The second-order valence-electron chi connectivity index (χ2n) is 7.06. The van der Waals surface area contributed by atoms with Gasteiger partial charge < -0.3 is 15.1 Å². The summed E-state index contributed by atoms with van der Waals surface area (Å²) < 4.78 is 45.9. The van der Waals surface area contributed by atoms with Gasteiger partial charge in [0.25, 0.3) is 0 Å². The molecule has 0 bridgehead atoms. The maximum Gasteiger partial charge on any atom is 0.184 e. The molecule has 29 heavy (non-hydrogen) atoms. The Morgan fingerprint density at radius 2 is 1.72 bits per heavy atom. The minimum Gasteiger partial charge on any atom is -0.396 e. The van der Waals surface area contributed by atoms with E-state index in [4.69, 9.17) is 5.11 Å². The largest absolute Gasteiger partial charge is 0.396 e. The monoisotopic (exact) mass is 426 g/mol. The Morgan fingerprint density at radius 1 is 1.03 bits per heavy atom. The third-order valence-electron chi connectivity index (χ3n) is 4.77. The van der Waals surface area contributed by atoms with Gasteiger partial charge in [-0.05, 0) is 80.8 Å². The second-order valence-corrected chi connectivity index (χ2v) is 8.34. The smallest absolute Gasteiger partial charge is 0.184 e. The third-order valence-corrected chi connectivity index (χ3v) is 6.12. The van der Waals surface area contributed by atoms with Gasteiger partial charge in [-0.2, -0.15) is 0 Å². The summed E-state index contributed by atoms with van der Waals surface area (Å²) in [4.78, 5) is 0. The fourth-order valence-corrected chi connectivity index (χ4v) is 4.09. The molecular formula is C22H29F3N2OS. The number of anilines is 3. The van der Waals surface area contributed by atoms with Gasteiger partial charge in [0.05, 0.1) is 11.4 Å². The number of aliphatic hydroxyl groups is 1. The summed E-state index contributed by atoms with van der Waals surface area (Å²) in [5, 5.41) is 11.8. The predicted octanol–water partition coefficient (Wildman–Crippen LogP) is 6.86. The molecule has 0 atom stereocenters. The molecule has 0 amide bonds.